The molecule has 0 heterocycles. The van der Waals surface area contributed by atoms with Crippen LogP contribution in [0.25, 0.3) is 0 Å². The van der Waals surface area contributed by atoms with E-state index in [4.69, 9.17) is 0 Å². The maximum atomic E-state index is 11.0. The SMILES string of the molecule is CCC(=O)N(C)[C@H](C)CC. The topological polar surface area (TPSA) is 20.3 Å². The summed E-state index contributed by atoms with van der Waals surface area (Å²) in [6.45, 7) is 6.04. The molecular formula is C8H17NO. The van der Waals surface area contributed by atoms with Gasteiger partial charge >= 0.3 is 0 Å². The van der Waals surface area contributed by atoms with Gasteiger partial charge in [-0.1, -0.05) is 13.8 Å². The predicted molar refractivity (Wildman–Crippen MR) is 42.8 cm³/mol. The van der Waals surface area contributed by atoms with Crippen molar-refractivity contribution in [3.63, 3.8) is 0 Å². The van der Waals surface area contributed by atoms with Crippen molar-refractivity contribution in [3.05, 3.63) is 0 Å². The molecule has 60 valence electrons. The van der Waals surface area contributed by atoms with Crippen LogP contribution in [0.4, 0.5) is 0 Å². The highest BCUT2D eigenvalue weighted by Gasteiger charge is 2.10. The number of hydrogen-bond donors (Lipinski definition) is 0. The smallest absolute Gasteiger partial charge is 0.222 e. The van der Waals surface area contributed by atoms with E-state index in [-0.39, 0.29) is 5.91 Å². The summed E-state index contributed by atoms with van der Waals surface area (Å²) in [5.41, 5.74) is 0. The number of carbonyl (C=O) groups excluding carboxylic acids is 1. The lowest BCUT2D eigenvalue weighted by Crippen LogP contribution is -2.33. The van der Waals surface area contributed by atoms with E-state index in [1.54, 1.807) is 4.90 Å². The van der Waals surface area contributed by atoms with Crippen molar-refractivity contribution in [2.45, 2.75) is 39.7 Å². The van der Waals surface area contributed by atoms with Crippen LogP contribution in [0.15, 0.2) is 0 Å². The van der Waals surface area contributed by atoms with Crippen molar-refractivity contribution < 1.29 is 4.79 Å². The second-order valence-corrected chi connectivity index (χ2v) is 2.62. The highest BCUT2D eigenvalue weighted by atomic mass is 16.2. The van der Waals surface area contributed by atoms with Gasteiger partial charge in [-0.15, -0.1) is 0 Å². The second kappa shape index (κ2) is 4.31. The Labute approximate surface area is 63.2 Å². The van der Waals surface area contributed by atoms with Crippen molar-refractivity contribution in [1.82, 2.24) is 4.90 Å². The molecule has 1 amide bonds. The van der Waals surface area contributed by atoms with Gasteiger partial charge in [-0.05, 0) is 13.3 Å². The zero-order valence-electron chi connectivity index (χ0n) is 7.35. The van der Waals surface area contributed by atoms with E-state index < -0.39 is 0 Å². The Bertz CT molecular complexity index is 112. The van der Waals surface area contributed by atoms with Crippen LogP contribution in [0.5, 0.6) is 0 Å². The standard InChI is InChI=1S/C8H17NO/c1-5-7(3)9(4)8(10)6-2/h7H,5-6H2,1-4H3/t7-/m1/s1. The molecule has 0 radical (unpaired) electrons. The van der Waals surface area contributed by atoms with Gasteiger partial charge in [0, 0.05) is 19.5 Å². The van der Waals surface area contributed by atoms with E-state index in [0.29, 0.717) is 12.5 Å². The molecule has 0 unspecified atom stereocenters. The molecule has 0 bridgehead atoms. The van der Waals surface area contributed by atoms with Gasteiger partial charge in [0.25, 0.3) is 0 Å². The van der Waals surface area contributed by atoms with Gasteiger partial charge in [-0.3, -0.25) is 4.79 Å². The summed E-state index contributed by atoms with van der Waals surface area (Å²) in [5, 5.41) is 0. The quantitative estimate of drug-likeness (QED) is 0.588. The minimum absolute atomic E-state index is 0.231. The van der Waals surface area contributed by atoms with Gasteiger partial charge in [0.2, 0.25) is 5.91 Å². The molecule has 0 saturated heterocycles. The molecule has 0 fully saturated rings. The molecule has 0 aliphatic carbocycles. The molecule has 0 aromatic heterocycles. The number of hydrogen-bond acceptors (Lipinski definition) is 1. The van der Waals surface area contributed by atoms with Gasteiger partial charge in [0.05, 0.1) is 0 Å². The zero-order chi connectivity index (χ0) is 8.15. The van der Waals surface area contributed by atoms with Crippen LogP contribution in [0.1, 0.15) is 33.6 Å². The Morgan fingerprint density at radius 1 is 1.50 bits per heavy atom. The Morgan fingerprint density at radius 2 is 2.00 bits per heavy atom. The van der Waals surface area contributed by atoms with Crippen molar-refractivity contribution in [2.24, 2.45) is 0 Å². The summed E-state index contributed by atoms with van der Waals surface area (Å²) in [5.74, 6) is 0.231. The monoisotopic (exact) mass is 143 g/mol. The lowest BCUT2D eigenvalue weighted by molar-refractivity contribution is -0.131. The van der Waals surface area contributed by atoms with Crippen molar-refractivity contribution in [3.8, 4) is 0 Å². The molecule has 2 nitrogen and oxygen atoms in total. The van der Waals surface area contributed by atoms with Crippen molar-refractivity contribution in [1.29, 1.82) is 0 Å². The molecule has 0 saturated carbocycles. The van der Waals surface area contributed by atoms with Crippen molar-refractivity contribution >= 4 is 5.91 Å². The molecule has 0 spiro atoms. The van der Waals surface area contributed by atoms with Crippen LogP contribution < -0.4 is 0 Å². The van der Waals surface area contributed by atoms with Gasteiger partial charge in [-0.2, -0.15) is 0 Å². The molecular weight excluding hydrogens is 126 g/mol. The first kappa shape index (κ1) is 9.47. The summed E-state index contributed by atoms with van der Waals surface area (Å²) < 4.78 is 0. The normalized spacial score (nSPS) is 12.8. The Balaban J connectivity index is 3.81. The number of amides is 1. The lowest BCUT2D eigenvalue weighted by Gasteiger charge is -2.22. The third kappa shape index (κ3) is 2.38. The molecule has 0 aromatic rings. The first-order chi connectivity index (χ1) is 4.63. The average Bonchev–Trinajstić information content (AvgIpc) is 2.00. The maximum Gasteiger partial charge on any atom is 0.222 e. The van der Waals surface area contributed by atoms with Crippen LogP contribution in [0.2, 0.25) is 0 Å². The number of nitrogens with zero attached hydrogens (tertiary/aromatic N) is 1. The number of rotatable bonds is 3. The second-order valence-electron chi connectivity index (χ2n) is 2.62. The van der Waals surface area contributed by atoms with Crippen LogP contribution in [-0.2, 0) is 4.79 Å². The van der Waals surface area contributed by atoms with E-state index in [1.165, 1.54) is 0 Å². The molecule has 0 rings (SSSR count). The fraction of sp³-hybridized carbons (Fsp3) is 0.875. The fourth-order valence-corrected chi connectivity index (χ4v) is 0.769. The largest absolute Gasteiger partial charge is 0.343 e. The van der Waals surface area contributed by atoms with Crippen molar-refractivity contribution in [2.75, 3.05) is 7.05 Å². The van der Waals surface area contributed by atoms with E-state index in [9.17, 15) is 4.79 Å². The predicted octanol–water partition coefficient (Wildman–Crippen LogP) is 1.65. The van der Waals surface area contributed by atoms with Crippen LogP contribution >= 0.6 is 0 Å². The van der Waals surface area contributed by atoms with Crippen LogP contribution in [-0.4, -0.2) is 23.9 Å². The van der Waals surface area contributed by atoms with Crippen LogP contribution in [0, 0.1) is 0 Å². The molecule has 0 aromatic carbocycles. The van der Waals surface area contributed by atoms with E-state index >= 15 is 0 Å². The molecule has 0 N–H and O–H groups in total. The Kier molecular flexibility index (Phi) is 4.08. The van der Waals surface area contributed by atoms with E-state index in [2.05, 4.69) is 13.8 Å². The summed E-state index contributed by atoms with van der Waals surface area (Å²) in [7, 11) is 1.86. The maximum absolute atomic E-state index is 11.0. The minimum atomic E-state index is 0.231. The summed E-state index contributed by atoms with van der Waals surface area (Å²) in [6.07, 6.45) is 1.64. The molecule has 1 atom stereocenters. The van der Waals surface area contributed by atoms with Gasteiger partial charge in [-0.25, -0.2) is 0 Å². The highest BCUT2D eigenvalue weighted by Crippen LogP contribution is 2.01. The third-order valence-corrected chi connectivity index (χ3v) is 1.95. The van der Waals surface area contributed by atoms with Crippen LogP contribution in [0.3, 0.4) is 0 Å². The summed E-state index contributed by atoms with van der Waals surface area (Å²) >= 11 is 0. The third-order valence-electron chi connectivity index (χ3n) is 1.95. The Hall–Kier alpha value is -0.530. The van der Waals surface area contributed by atoms with Gasteiger partial charge < -0.3 is 4.90 Å². The lowest BCUT2D eigenvalue weighted by atomic mass is 10.2. The first-order valence-corrected chi connectivity index (χ1v) is 3.89. The van der Waals surface area contributed by atoms with E-state index in [1.807, 2.05) is 14.0 Å². The summed E-state index contributed by atoms with van der Waals surface area (Å²) in [4.78, 5) is 12.8. The van der Waals surface area contributed by atoms with Gasteiger partial charge in [0.1, 0.15) is 0 Å². The first-order valence-electron chi connectivity index (χ1n) is 3.89. The van der Waals surface area contributed by atoms with Gasteiger partial charge in [0.15, 0.2) is 0 Å². The molecule has 0 aliphatic heterocycles. The molecule has 0 aliphatic rings. The minimum Gasteiger partial charge on any atom is -0.343 e. The molecule has 10 heavy (non-hydrogen) atoms. The average molecular weight is 143 g/mol. The zero-order valence-corrected chi connectivity index (χ0v) is 7.35. The summed E-state index contributed by atoms with van der Waals surface area (Å²) in [6, 6.07) is 0.382. The highest BCUT2D eigenvalue weighted by molar-refractivity contribution is 5.75. The Morgan fingerprint density at radius 3 is 2.30 bits per heavy atom. The number of carbonyl (C=O) groups is 1. The molecule has 2 heteroatoms. The fourth-order valence-electron chi connectivity index (χ4n) is 0.769. The van der Waals surface area contributed by atoms with E-state index in [0.717, 1.165) is 6.42 Å².